The summed E-state index contributed by atoms with van der Waals surface area (Å²) in [6.07, 6.45) is -5.03. The van der Waals surface area contributed by atoms with Crippen LogP contribution in [0.5, 0.6) is 0 Å². The zero-order valence-electron chi connectivity index (χ0n) is 11.3. The van der Waals surface area contributed by atoms with E-state index >= 15 is 0 Å². The van der Waals surface area contributed by atoms with Crippen molar-refractivity contribution in [3.05, 3.63) is 0 Å². The zero-order valence-corrected chi connectivity index (χ0v) is 11.3. The summed E-state index contributed by atoms with van der Waals surface area (Å²) in [7, 11) is 0. The molecule has 0 spiro atoms. The molecule has 0 amide bonds. The van der Waals surface area contributed by atoms with Gasteiger partial charge in [-0.1, -0.05) is 0 Å². The van der Waals surface area contributed by atoms with Gasteiger partial charge in [0.25, 0.3) is 0 Å². The van der Waals surface area contributed by atoms with E-state index in [9.17, 15) is 15.3 Å². The van der Waals surface area contributed by atoms with E-state index in [-0.39, 0.29) is 18.8 Å². The van der Waals surface area contributed by atoms with Gasteiger partial charge in [-0.05, 0) is 27.7 Å². The van der Waals surface area contributed by atoms with E-state index in [4.69, 9.17) is 14.2 Å². The first-order valence-corrected chi connectivity index (χ1v) is 6.30. The Hall–Kier alpha value is -0.240. The predicted molar refractivity (Wildman–Crippen MR) is 64.0 cm³/mol. The summed E-state index contributed by atoms with van der Waals surface area (Å²) < 4.78 is 16.2. The lowest BCUT2D eigenvalue weighted by Crippen LogP contribution is -2.60. The van der Waals surface area contributed by atoms with Crippen molar-refractivity contribution < 1.29 is 29.5 Å². The van der Waals surface area contributed by atoms with Crippen LogP contribution in [0.2, 0.25) is 0 Å². The Bertz CT molecular complexity index is 245. The van der Waals surface area contributed by atoms with Gasteiger partial charge in [0.05, 0.1) is 18.8 Å². The van der Waals surface area contributed by atoms with Crippen LogP contribution in [0.25, 0.3) is 0 Å². The fourth-order valence-electron chi connectivity index (χ4n) is 1.91. The van der Waals surface area contributed by atoms with Gasteiger partial charge in [0.15, 0.2) is 6.29 Å². The highest BCUT2D eigenvalue weighted by Gasteiger charge is 2.46. The molecule has 1 aliphatic heterocycles. The summed E-state index contributed by atoms with van der Waals surface area (Å²) in [5, 5.41) is 29.2. The Labute approximate surface area is 107 Å². The van der Waals surface area contributed by atoms with Gasteiger partial charge in [0.1, 0.15) is 24.4 Å². The molecule has 108 valence electrons. The molecule has 1 rings (SSSR count). The van der Waals surface area contributed by atoms with E-state index in [2.05, 4.69) is 0 Å². The second-order valence-corrected chi connectivity index (χ2v) is 5.04. The van der Waals surface area contributed by atoms with Crippen molar-refractivity contribution in [2.24, 2.45) is 0 Å². The van der Waals surface area contributed by atoms with Crippen LogP contribution in [0.4, 0.5) is 0 Å². The van der Waals surface area contributed by atoms with Crippen LogP contribution >= 0.6 is 0 Å². The smallest absolute Gasteiger partial charge is 0.186 e. The molecule has 0 aliphatic carbocycles. The minimum absolute atomic E-state index is 0.140. The van der Waals surface area contributed by atoms with Gasteiger partial charge >= 0.3 is 0 Å². The number of rotatable bonds is 5. The minimum Gasteiger partial charge on any atom is -0.394 e. The molecule has 1 saturated heterocycles. The molecule has 1 fully saturated rings. The number of ether oxygens (including phenoxy) is 3. The van der Waals surface area contributed by atoms with Gasteiger partial charge in [0.2, 0.25) is 0 Å². The topological polar surface area (TPSA) is 88.4 Å². The van der Waals surface area contributed by atoms with Crippen molar-refractivity contribution in [2.45, 2.75) is 70.6 Å². The molecule has 1 heterocycles. The maximum absolute atomic E-state index is 10.1. The third kappa shape index (κ3) is 3.88. The Morgan fingerprint density at radius 3 is 2.00 bits per heavy atom. The number of aliphatic hydroxyl groups excluding tert-OH is 3. The highest BCUT2D eigenvalue weighted by Crippen LogP contribution is 2.25. The quantitative estimate of drug-likeness (QED) is 0.629. The lowest BCUT2D eigenvalue weighted by atomic mass is 9.98. The molecule has 0 saturated carbocycles. The Kier molecular flexibility index (Phi) is 5.97. The molecule has 6 heteroatoms. The number of aliphatic hydroxyl groups is 3. The standard InChI is InChI=1S/C12H24O6/c1-6(2)16-11-9(14)8(5-13)18-12(10(11)15)17-7(3)4/h6-15H,5H2,1-4H3/t8-,9-,10-,11+,12-/m0/s1. The molecule has 3 N–H and O–H groups in total. The fraction of sp³-hybridized carbons (Fsp3) is 1.00. The van der Waals surface area contributed by atoms with Crippen molar-refractivity contribution in [3.63, 3.8) is 0 Å². The maximum Gasteiger partial charge on any atom is 0.186 e. The summed E-state index contributed by atoms with van der Waals surface area (Å²) in [5.74, 6) is 0. The SMILES string of the molecule is CC(C)O[C@H]1O[C@@H](CO)[C@H](O)[C@@H](OC(C)C)[C@@H]1O. The molecule has 0 aromatic rings. The molecule has 0 aromatic carbocycles. The predicted octanol–water partition coefficient (Wildman–Crippen LogP) is -0.356. The summed E-state index contributed by atoms with van der Waals surface area (Å²) in [6, 6.07) is 0. The summed E-state index contributed by atoms with van der Waals surface area (Å²) in [6.45, 7) is 6.88. The van der Waals surface area contributed by atoms with E-state index in [1.54, 1.807) is 13.8 Å². The van der Waals surface area contributed by atoms with Crippen molar-refractivity contribution in [1.82, 2.24) is 0 Å². The van der Waals surface area contributed by atoms with Crippen molar-refractivity contribution in [1.29, 1.82) is 0 Å². The highest BCUT2D eigenvalue weighted by atomic mass is 16.7. The van der Waals surface area contributed by atoms with E-state index in [0.717, 1.165) is 0 Å². The van der Waals surface area contributed by atoms with Gasteiger partial charge in [-0.25, -0.2) is 0 Å². The second kappa shape index (κ2) is 6.79. The lowest BCUT2D eigenvalue weighted by molar-refractivity contribution is -0.318. The Morgan fingerprint density at radius 1 is 1.00 bits per heavy atom. The van der Waals surface area contributed by atoms with Gasteiger partial charge in [-0.15, -0.1) is 0 Å². The molecule has 5 atom stereocenters. The van der Waals surface area contributed by atoms with E-state index < -0.39 is 30.7 Å². The van der Waals surface area contributed by atoms with Crippen LogP contribution in [0.15, 0.2) is 0 Å². The summed E-state index contributed by atoms with van der Waals surface area (Å²) >= 11 is 0. The highest BCUT2D eigenvalue weighted by molar-refractivity contribution is 4.90. The van der Waals surface area contributed by atoms with Gasteiger partial charge in [-0.3, -0.25) is 0 Å². The molecule has 6 nitrogen and oxygen atoms in total. The minimum atomic E-state index is -1.09. The summed E-state index contributed by atoms with van der Waals surface area (Å²) in [5.41, 5.74) is 0. The van der Waals surface area contributed by atoms with Gasteiger partial charge in [0, 0.05) is 0 Å². The van der Waals surface area contributed by atoms with E-state index in [1.807, 2.05) is 13.8 Å². The van der Waals surface area contributed by atoms with Crippen LogP contribution in [-0.2, 0) is 14.2 Å². The monoisotopic (exact) mass is 264 g/mol. The van der Waals surface area contributed by atoms with Gasteiger partial charge < -0.3 is 29.5 Å². The van der Waals surface area contributed by atoms with Gasteiger partial charge in [-0.2, -0.15) is 0 Å². The molecule has 0 bridgehead atoms. The van der Waals surface area contributed by atoms with E-state index in [1.165, 1.54) is 0 Å². The van der Waals surface area contributed by atoms with Crippen LogP contribution < -0.4 is 0 Å². The summed E-state index contributed by atoms with van der Waals surface area (Å²) in [4.78, 5) is 0. The first-order valence-electron chi connectivity index (χ1n) is 6.30. The lowest BCUT2D eigenvalue weighted by Gasteiger charge is -2.42. The van der Waals surface area contributed by atoms with Crippen LogP contribution in [0, 0.1) is 0 Å². The van der Waals surface area contributed by atoms with E-state index in [0.29, 0.717) is 0 Å². The largest absolute Gasteiger partial charge is 0.394 e. The average molecular weight is 264 g/mol. The normalized spacial score (nSPS) is 37.5. The van der Waals surface area contributed by atoms with Crippen molar-refractivity contribution >= 4 is 0 Å². The first-order chi connectivity index (χ1) is 8.36. The molecule has 0 aromatic heterocycles. The third-order valence-corrected chi connectivity index (χ3v) is 2.66. The van der Waals surface area contributed by atoms with Crippen LogP contribution in [-0.4, -0.2) is 64.8 Å². The van der Waals surface area contributed by atoms with Crippen LogP contribution in [0.1, 0.15) is 27.7 Å². The fourth-order valence-corrected chi connectivity index (χ4v) is 1.91. The Balaban J connectivity index is 2.78. The third-order valence-electron chi connectivity index (χ3n) is 2.66. The maximum atomic E-state index is 10.1. The molecule has 1 aliphatic rings. The molecular formula is C12H24O6. The molecule has 18 heavy (non-hydrogen) atoms. The van der Waals surface area contributed by atoms with Crippen LogP contribution in [0.3, 0.4) is 0 Å². The number of hydrogen-bond donors (Lipinski definition) is 3. The van der Waals surface area contributed by atoms with Crippen molar-refractivity contribution in [2.75, 3.05) is 6.61 Å². The molecule has 0 radical (unpaired) electrons. The molecular weight excluding hydrogens is 240 g/mol. The second-order valence-electron chi connectivity index (χ2n) is 5.04. The number of hydrogen-bond acceptors (Lipinski definition) is 6. The Morgan fingerprint density at radius 2 is 1.56 bits per heavy atom. The zero-order chi connectivity index (χ0) is 13.9. The first kappa shape index (κ1) is 15.8. The van der Waals surface area contributed by atoms with Crippen molar-refractivity contribution in [3.8, 4) is 0 Å². The molecule has 0 unspecified atom stereocenters. The average Bonchev–Trinajstić information content (AvgIpc) is 2.27.